The van der Waals surface area contributed by atoms with Gasteiger partial charge in [-0.2, -0.15) is 26.3 Å². The molecule has 0 saturated carbocycles. The summed E-state index contributed by atoms with van der Waals surface area (Å²) in [6.07, 6.45) is -6.78. The van der Waals surface area contributed by atoms with Crippen LogP contribution in [0.5, 0.6) is 11.5 Å². The van der Waals surface area contributed by atoms with Crippen molar-refractivity contribution in [3.63, 3.8) is 0 Å². The lowest BCUT2D eigenvalue weighted by atomic mass is 10.1. The molecule has 0 radical (unpaired) electrons. The molecule has 0 fully saturated rings. The largest absolute Gasteiger partial charge is 0.507 e. The van der Waals surface area contributed by atoms with Gasteiger partial charge in [-0.05, 0) is 74.5 Å². The third-order valence-electron chi connectivity index (χ3n) is 5.85. The van der Waals surface area contributed by atoms with Crippen LogP contribution in [-0.4, -0.2) is 22.6 Å². The molecule has 0 atom stereocenters. The van der Waals surface area contributed by atoms with Gasteiger partial charge < -0.3 is 10.2 Å². The van der Waals surface area contributed by atoms with E-state index in [9.17, 15) is 36.6 Å². The van der Waals surface area contributed by atoms with Crippen molar-refractivity contribution in [2.24, 2.45) is 9.98 Å². The molecule has 0 aliphatic rings. The minimum atomic E-state index is -4.64. The predicted octanol–water partition coefficient (Wildman–Crippen LogP) is 10.1. The average molecular weight is 621 g/mol. The first-order valence-corrected chi connectivity index (χ1v) is 14.3. The Morgan fingerprint density at radius 2 is 0.952 bits per heavy atom. The summed E-state index contributed by atoms with van der Waals surface area (Å²) in [6.45, 7) is 3.56. The van der Waals surface area contributed by atoms with Crippen LogP contribution in [-0.2, 0) is 12.4 Å². The van der Waals surface area contributed by atoms with Gasteiger partial charge in [0.2, 0.25) is 0 Å². The van der Waals surface area contributed by atoms with E-state index in [1.807, 2.05) is 0 Å². The molecule has 42 heavy (non-hydrogen) atoms. The van der Waals surface area contributed by atoms with Crippen molar-refractivity contribution in [3.05, 3.63) is 106 Å². The van der Waals surface area contributed by atoms with Gasteiger partial charge >= 0.3 is 12.4 Å². The number of halogens is 6. The van der Waals surface area contributed by atoms with Gasteiger partial charge in [-0.3, -0.25) is 9.98 Å². The lowest BCUT2D eigenvalue weighted by Gasteiger charge is -2.13. The molecule has 4 rings (SSSR count). The van der Waals surface area contributed by atoms with Crippen LogP contribution in [0.4, 0.5) is 37.7 Å². The van der Waals surface area contributed by atoms with E-state index in [-0.39, 0.29) is 22.9 Å². The first kappa shape index (κ1) is 31.0. The molecular weight excluding hydrogens is 598 g/mol. The zero-order chi connectivity index (χ0) is 30.7. The van der Waals surface area contributed by atoms with Crippen LogP contribution < -0.4 is 0 Å². The fraction of sp³-hybridized carbons (Fsp3) is 0.133. The Balaban J connectivity index is 1.70. The lowest BCUT2D eigenvalue weighted by Crippen LogP contribution is -2.04. The topological polar surface area (TPSA) is 65.2 Å². The van der Waals surface area contributed by atoms with E-state index in [1.165, 1.54) is 36.7 Å². The molecule has 2 N–H and O–H groups in total. The molecule has 4 aromatic rings. The number of nitrogens with zero attached hydrogens (tertiary/aromatic N) is 2. The highest BCUT2D eigenvalue weighted by Crippen LogP contribution is 2.47. The van der Waals surface area contributed by atoms with E-state index in [4.69, 9.17) is 0 Å². The summed E-state index contributed by atoms with van der Waals surface area (Å²) in [4.78, 5) is 8.99. The van der Waals surface area contributed by atoms with E-state index in [1.54, 1.807) is 38.1 Å². The van der Waals surface area contributed by atoms with Crippen molar-refractivity contribution in [1.29, 1.82) is 0 Å². The molecule has 12 heteroatoms. The van der Waals surface area contributed by atoms with E-state index in [0.29, 0.717) is 20.9 Å². The van der Waals surface area contributed by atoms with Crippen molar-refractivity contribution < 1.29 is 36.6 Å². The first-order valence-electron chi connectivity index (χ1n) is 12.1. The summed E-state index contributed by atoms with van der Waals surface area (Å²) in [5.41, 5.74) is 0.237. The highest BCUT2D eigenvalue weighted by molar-refractivity contribution is 8.76. The van der Waals surface area contributed by atoms with Gasteiger partial charge in [-0.25, -0.2) is 0 Å². The highest BCUT2D eigenvalue weighted by atomic mass is 33.1. The number of alkyl halides is 6. The molecule has 218 valence electrons. The normalized spacial score (nSPS) is 12.5. The van der Waals surface area contributed by atoms with Gasteiger partial charge in [0.25, 0.3) is 0 Å². The Morgan fingerprint density at radius 3 is 1.31 bits per heavy atom. The fourth-order valence-electron chi connectivity index (χ4n) is 3.65. The molecule has 0 unspecified atom stereocenters. The molecular formula is C30H22F6N2O2S2. The third kappa shape index (κ3) is 7.89. The molecule has 4 nitrogen and oxygen atoms in total. The molecule has 0 aliphatic heterocycles. The summed E-state index contributed by atoms with van der Waals surface area (Å²) in [7, 11) is 1.97. The summed E-state index contributed by atoms with van der Waals surface area (Å²) >= 11 is 0. The maximum Gasteiger partial charge on any atom is 0.416 e. The number of aryl methyl sites for hydroxylation is 2. The number of aliphatic imine (C=N–C) groups is 2. The van der Waals surface area contributed by atoms with Crippen molar-refractivity contribution in [2.75, 3.05) is 0 Å². The Kier molecular flexibility index (Phi) is 9.27. The molecule has 0 bridgehead atoms. The SMILES string of the molecule is Cc1ccc(O)c(C=Nc2cc(C(F)(F)F)ccc2SSc2ccc(C(F)(F)F)cc2N=Cc2cc(C)ccc2O)c1. The van der Waals surface area contributed by atoms with Crippen molar-refractivity contribution in [3.8, 4) is 11.5 Å². The molecule has 0 aliphatic carbocycles. The Labute approximate surface area is 245 Å². The number of benzene rings is 4. The van der Waals surface area contributed by atoms with Crippen LogP contribution in [0.15, 0.2) is 92.6 Å². The number of aromatic hydroxyl groups is 2. The summed E-state index contributed by atoms with van der Waals surface area (Å²) in [5.74, 6) is -0.210. The highest BCUT2D eigenvalue weighted by Gasteiger charge is 2.32. The molecule has 4 aromatic carbocycles. The quantitative estimate of drug-likeness (QED) is 0.123. The second-order valence-electron chi connectivity index (χ2n) is 9.17. The number of phenolic OH excluding ortho intramolecular Hbond substituents is 2. The Bertz CT molecular complexity index is 1540. The lowest BCUT2D eigenvalue weighted by molar-refractivity contribution is -0.138. The Hall–Kier alpha value is -3.90. The van der Waals surface area contributed by atoms with Crippen LogP contribution in [0.25, 0.3) is 0 Å². The number of hydrogen-bond acceptors (Lipinski definition) is 6. The van der Waals surface area contributed by atoms with E-state index in [2.05, 4.69) is 9.98 Å². The summed E-state index contributed by atoms with van der Waals surface area (Å²) in [6, 6.07) is 15.4. The maximum absolute atomic E-state index is 13.5. The van der Waals surface area contributed by atoms with Gasteiger partial charge in [0, 0.05) is 33.3 Å². The van der Waals surface area contributed by atoms with E-state index >= 15 is 0 Å². The van der Waals surface area contributed by atoms with Crippen molar-refractivity contribution in [1.82, 2.24) is 0 Å². The van der Waals surface area contributed by atoms with Crippen molar-refractivity contribution in [2.45, 2.75) is 36.0 Å². The second kappa shape index (κ2) is 12.5. The van der Waals surface area contributed by atoms with Crippen LogP contribution in [0, 0.1) is 13.8 Å². The minimum Gasteiger partial charge on any atom is -0.507 e. The monoisotopic (exact) mass is 620 g/mol. The standard InChI is InChI=1S/C30H22F6N2O2S2/c1-17-3-7-25(39)19(11-17)15-37-23-13-21(29(31,32)33)5-9-27(23)41-42-28-10-6-22(30(34,35)36)14-24(28)38-16-20-12-18(2)4-8-26(20)40/h3-16,39-40H,1-2H3. The minimum absolute atomic E-state index is 0.0510. The first-order chi connectivity index (χ1) is 19.7. The number of phenols is 2. The van der Waals surface area contributed by atoms with Crippen LogP contribution >= 0.6 is 21.6 Å². The summed E-state index contributed by atoms with van der Waals surface area (Å²) < 4.78 is 80.8. The van der Waals surface area contributed by atoms with Gasteiger partial charge in [0.15, 0.2) is 0 Å². The van der Waals surface area contributed by atoms with Gasteiger partial charge in [-0.1, -0.05) is 44.8 Å². The molecule has 0 aromatic heterocycles. The second-order valence-corrected chi connectivity index (χ2v) is 11.4. The number of rotatable bonds is 7. The van der Waals surface area contributed by atoms with Gasteiger partial charge in [-0.15, -0.1) is 0 Å². The molecule has 0 saturated heterocycles. The van der Waals surface area contributed by atoms with E-state index < -0.39 is 23.5 Å². The molecule has 0 amide bonds. The van der Waals surface area contributed by atoms with Crippen molar-refractivity contribution >= 4 is 45.4 Å². The van der Waals surface area contributed by atoms with Gasteiger partial charge in [0.05, 0.1) is 22.5 Å². The molecule has 0 heterocycles. The number of hydrogen-bond donors (Lipinski definition) is 2. The van der Waals surface area contributed by atoms with Crippen LogP contribution in [0.3, 0.4) is 0 Å². The summed E-state index contributed by atoms with van der Waals surface area (Å²) in [5, 5.41) is 20.2. The fourth-order valence-corrected chi connectivity index (χ4v) is 5.86. The molecule has 0 spiro atoms. The van der Waals surface area contributed by atoms with Gasteiger partial charge in [0.1, 0.15) is 11.5 Å². The third-order valence-corrected chi connectivity index (χ3v) is 8.31. The van der Waals surface area contributed by atoms with Crippen LogP contribution in [0.1, 0.15) is 33.4 Å². The predicted molar refractivity (Wildman–Crippen MR) is 155 cm³/mol. The Morgan fingerprint density at radius 1 is 0.571 bits per heavy atom. The van der Waals surface area contributed by atoms with E-state index in [0.717, 1.165) is 57.0 Å². The smallest absolute Gasteiger partial charge is 0.416 e. The average Bonchev–Trinajstić information content (AvgIpc) is 2.92. The maximum atomic E-state index is 13.5. The zero-order valence-electron chi connectivity index (χ0n) is 22.0. The van der Waals surface area contributed by atoms with Crippen LogP contribution in [0.2, 0.25) is 0 Å². The zero-order valence-corrected chi connectivity index (χ0v) is 23.6.